The molecule has 0 saturated carbocycles. The van der Waals surface area contributed by atoms with Crippen molar-refractivity contribution in [1.29, 1.82) is 0 Å². The molecule has 0 spiro atoms. The number of nitrogens with one attached hydrogen (secondary N) is 1. The van der Waals surface area contributed by atoms with E-state index >= 15 is 0 Å². The lowest BCUT2D eigenvalue weighted by atomic mass is 9.97. The van der Waals surface area contributed by atoms with Crippen molar-refractivity contribution in [3.05, 3.63) is 0 Å². The SMILES string of the molecule is CCC(O)(CC)CNC(C)CCCC(F)(F)F. The fraction of sp³-hybridized carbons (Fsp3) is 1.00. The maximum Gasteiger partial charge on any atom is 0.389 e. The Morgan fingerprint density at radius 1 is 1.18 bits per heavy atom. The third kappa shape index (κ3) is 8.44. The van der Waals surface area contributed by atoms with Gasteiger partial charge in [0.1, 0.15) is 0 Å². The van der Waals surface area contributed by atoms with Gasteiger partial charge >= 0.3 is 6.18 Å². The predicted molar refractivity (Wildman–Crippen MR) is 62.9 cm³/mol. The molecule has 0 fully saturated rings. The van der Waals surface area contributed by atoms with E-state index in [4.69, 9.17) is 0 Å². The highest BCUT2D eigenvalue weighted by atomic mass is 19.4. The summed E-state index contributed by atoms with van der Waals surface area (Å²) < 4.78 is 35.8. The van der Waals surface area contributed by atoms with E-state index in [9.17, 15) is 18.3 Å². The highest BCUT2D eigenvalue weighted by molar-refractivity contribution is 4.79. The Morgan fingerprint density at radius 2 is 1.71 bits per heavy atom. The van der Waals surface area contributed by atoms with Crippen LogP contribution < -0.4 is 5.32 Å². The Hall–Kier alpha value is -0.290. The van der Waals surface area contributed by atoms with Crippen molar-refractivity contribution >= 4 is 0 Å². The first-order valence-electron chi connectivity index (χ1n) is 6.25. The highest BCUT2D eigenvalue weighted by Crippen LogP contribution is 2.22. The first-order chi connectivity index (χ1) is 7.72. The zero-order valence-electron chi connectivity index (χ0n) is 10.9. The molecular formula is C12H24F3NO. The third-order valence-corrected chi connectivity index (χ3v) is 3.19. The Bertz CT molecular complexity index is 202. The van der Waals surface area contributed by atoms with Crippen LogP contribution in [0.2, 0.25) is 0 Å². The van der Waals surface area contributed by atoms with Crippen LogP contribution in [-0.4, -0.2) is 29.5 Å². The molecule has 0 bridgehead atoms. The minimum Gasteiger partial charge on any atom is -0.389 e. The van der Waals surface area contributed by atoms with Crippen LogP contribution in [0.1, 0.15) is 52.9 Å². The number of rotatable bonds is 8. The largest absolute Gasteiger partial charge is 0.389 e. The normalized spacial score (nSPS) is 15.0. The van der Waals surface area contributed by atoms with Crippen molar-refractivity contribution in [3.8, 4) is 0 Å². The molecule has 0 aromatic heterocycles. The summed E-state index contributed by atoms with van der Waals surface area (Å²) in [5.41, 5.74) is -0.738. The smallest absolute Gasteiger partial charge is 0.389 e. The van der Waals surface area contributed by atoms with Gasteiger partial charge in [0.2, 0.25) is 0 Å². The van der Waals surface area contributed by atoms with Gasteiger partial charge in [0.05, 0.1) is 5.60 Å². The van der Waals surface area contributed by atoms with Crippen LogP contribution in [0.5, 0.6) is 0 Å². The Balaban J connectivity index is 3.76. The van der Waals surface area contributed by atoms with Crippen LogP contribution in [0, 0.1) is 0 Å². The zero-order chi connectivity index (χ0) is 13.5. The summed E-state index contributed by atoms with van der Waals surface area (Å²) in [6.45, 7) is 6.09. The summed E-state index contributed by atoms with van der Waals surface area (Å²) in [6, 6.07) is 0.00183. The maximum atomic E-state index is 11.9. The molecule has 1 unspecified atom stereocenters. The van der Waals surface area contributed by atoms with Crippen molar-refractivity contribution in [2.24, 2.45) is 0 Å². The molecule has 0 amide bonds. The Morgan fingerprint density at radius 3 is 2.12 bits per heavy atom. The molecular weight excluding hydrogens is 231 g/mol. The monoisotopic (exact) mass is 255 g/mol. The van der Waals surface area contributed by atoms with Crippen LogP contribution in [0.3, 0.4) is 0 Å². The molecule has 5 heteroatoms. The van der Waals surface area contributed by atoms with Crippen molar-refractivity contribution in [2.75, 3.05) is 6.54 Å². The van der Waals surface area contributed by atoms with Crippen LogP contribution in [0.15, 0.2) is 0 Å². The van der Waals surface area contributed by atoms with E-state index in [1.807, 2.05) is 20.8 Å². The van der Waals surface area contributed by atoms with E-state index in [-0.39, 0.29) is 12.5 Å². The number of halogens is 3. The Kier molecular flexibility index (Phi) is 7.09. The topological polar surface area (TPSA) is 32.3 Å². The number of hydrogen-bond donors (Lipinski definition) is 2. The number of hydrogen-bond acceptors (Lipinski definition) is 2. The minimum absolute atomic E-state index is 0.00183. The lowest BCUT2D eigenvalue weighted by molar-refractivity contribution is -0.135. The molecule has 0 aliphatic heterocycles. The average molecular weight is 255 g/mol. The van der Waals surface area contributed by atoms with E-state index in [2.05, 4.69) is 5.32 Å². The highest BCUT2D eigenvalue weighted by Gasteiger charge is 2.27. The molecule has 104 valence electrons. The van der Waals surface area contributed by atoms with Gasteiger partial charge in [-0.1, -0.05) is 13.8 Å². The van der Waals surface area contributed by atoms with Crippen molar-refractivity contribution in [3.63, 3.8) is 0 Å². The van der Waals surface area contributed by atoms with E-state index in [1.54, 1.807) is 0 Å². The predicted octanol–water partition coefficient (Wildman–Crippen LogP) is 3.25. The zero-order valence-corrected chi connectivity index (χ0v) is 10.9. The molecule has 0 aromatic carbocycles. The molecule has 2 N–H and O–H groups in total. The average Bonchev–Trinajstić information content (AvgIpc) is 2.24. The Labute approximate surface area is 102 Å². The molecule has 1 atom stereocenters. The van der Waals surface area contributed by atoms with Gasteiger partial charge in [-0.15, -0.1) is 0 Å². The van der Waals surface area contributed by atoms with Gasteiger partial charge < -0.3 is 10.4 Å². The summed E-state index contributed by atoms with van der Waals surface area (Å²) in [6.07, 6.45) is -2.90. The molecule has 17 heavy (non-hydrogen) atoms. The number of aliphatic hydroxyl groups is 1. The van der Waals surface area contributed by atoms with Crippen molar-refractivity contribution in [1.82, 2.24) is 5.32 Å². The number of alkyl halides is 3. The summed E-state index contributed by atoms with van der Waals surface area (Å²) in [5.74, 6) is 0. The minimum atomic E-state index is -4.06. The van der Waals surface area contributed by atoms with Gasteiger partial charge in [-0.25, -0.2) is 0 Å². The summed E-state index contributed by atoms with van der Waals surface area (Å²) >= 11 is 0. The van der Waals surface area contributed by atoms with Crippen LogP contribution in [0.25, 0.3) is 0 Å². The van der Waals surface area contributed by atoms with E-state index in [0.717, 1.165) is 0 Å². The van der Waals surface area contributed by atoms with Crippen molar-refractivity contribution < 1.29 is 18.3 Å². The first kappa shape index (κ1) is 16.7. The second-order valence-electron chi connectivity index (χ2n) is 4.72. The van der Waals surface area contributed by atoms with E-state index < -0.39 is 18.2 Å². The third-order valence-electron chi connectivity index (χ3n) is 3.19. The second kappa shape index (κ2) is 7.21. The fourth-order valence-electron chi connectivity index (χ4n) is 1.57. The molecule has 0 rings (SSSR count). The molecule has 2 nitrogen and oxygen atoms in total. The van der Waals surface area contributed by atoms with Gasteiger partial charge in [0.15, 0.2) is 0 Å². The van der Waals surface area contributed by atoms with E-state index in [0.29, 0.717) is 25.8 Å². The lowest BCUT2D eigenvalue weighted by Gasteiger charge is -2.27. The first-order valence-corrected chi connectivity index (χ1v) is 6.25. The van der Waals surface area contributed by atoms with Crippen LogP contribution in [-0.2, 0) is 0 Å². The van der Waals surface area contributed by atoms with Gasteiger partial charge in [-0.3, -0.25) is 0 Å². The van der Waals surface area contributed by atoms with Gasteiger partial charge in [-0.05, 0) is 32.6 Å². The molecule has 0 aliphatic carbocycles. The second-order valence-corrected chi connectivity index (χ2v) is 4.72. The van der Waals surface area contributed by atoms with Gasteiger partial charge in [-0.2, -0.15) is 13.2 Å². The molecule has 0 aliphatic rings. The van der Waals surface area contributed by atoms with E-state index in [1.165, 1.54) is 0 Å². The lowest BCUT2D eigenvalue weighted by Crippen LogP contribution is -2.42. The molecule has 0 heterocycles. The molecule has 0 radical (unpaired) electrons. The van der Waals surface area contributed by atoms with Gasteiger partial charge in [0.25, 0.3) is 0 Å². The van der Waals surface area contributed by atoms with Crippen LogP contribution >= 0.6 is 0 Å². The maximum absolute atomic E-state index is 11.9. The van der Waals surface area contributed by atoms with Gasteiger partial charge in [0, 0.05) is 19.0 Å². The van der Waals surface area contributed by atoms with Crippen LogP contribution in [0.4, 0.5) is 13.2 Å². The molecule has 0 aromatic rings. The fourth-order valence-corrected chi connectivity index (χ4v) is 1.57. The quantitative estimate of drug-likeness (QED) is 0.698. The summed E-state index contributed by atoms with van der Waals surface area (Å²) in [4.78, 5) is 0. The molecule has 0 saturated heterocycles. The summed E-state index contributed by atoms with van der Waals surface area (Å²) in [7, 11) is 0. The summed E-state index contributed by atoms with van der Waals surface area (Å²) in [5, 5.41) is 13.1. The standard InChI is InChI=1S/C12H24F3NO/c1-4-11(17,5-2)9-16-10(3)7-6-8-12(13,14)15/h10,16-17H,4-9H2,1-3H3. The van der Waals surface area contributed by atoms with Crippen molar-refractivity contribution in [2.45, 2.75) is 70.7 Å².